The maximum atomic E-state index is 12.9. The monoisotopic (exact) mass is 388 g/mol. The summed E-state index contributed by atoms with van der Waals surface area (Å²) in [5.41, 5.74) is 1.20. The van der Waals surface area contributed by atoms with E-state index in [-0.39, 0.29) is 16.6 Å². The summed E-state index contributed by atoms with van der Waals surface area (Å²) in [4.78, 5) is 12.2. The highest BCUT2D eigenvalue weighted by Crippen LogP contribution is 2.22. The number of rotatable bonds is 5. The normalized spacial score (nSPS) is 15.7. The molecule has 0 radical (unpaired) electrons. The van der Waals surface area contributed by atoms with E-state index in [2.05, 4.69) is 5.32 Å². The minimum Gasteiger partial charge on any atom is -0.323 e. The standard InChI is InChI=1S/C20H21FN2O3S/c21-17-7-4-16(5-8-17)6-13-20(24)22-18-9-11-19(12-10-18)27(25,26)23-14-2-1-3-15-23/h4-13H,1-3,14-15H2,(H,22,24). The van der Waals surface area contributed by atoms with Crippen LogP contribution in [0.2, 0.25) is 0 Å². The van der Waals surface area contributed by atoms with Crippen molar-refractivity contribution in [1.29, 1.82) is 0 Å². The van der Waals surface area contributed by atoms with Crippen molar-refractivity contribution in [1.82, 2.24) is 4.31 Å². The molecule has 27 heavy (non-hydrogen) atoms. The molecule has 0 unspecified atom stereocenters. The zero-order valence-corrected chi connectivity index (χ0v) is 15.6. The van der Waals surface area contributed by atoms with Crippen molar-refractivity contribution >= 4 is 27.7 Å². The van der Waals surface area contributed by atoms with E-state index in [0.29, 0.717) is 24.3 Å². The number of anilines is 1. The Bertz CT molecular complexity index is 917. The summed E-state index contributed by atoms with van der Waals surface area (Å²) in [7, 11) is -3.48. The lowest BCUT2D eigenvalue weighted by Gasteiger charge is -2.25. The number of hydrogen-bond donors (Lipinski definition) is 1. The first kappa shape index (κ1) is 19.3. The number of amides is 1. The molecule has 3 rings (SSSR count). The highest BCUT2D eigenvalue weighted by atomic mass is 32.2. The van der Waals surface area contributed by atoms with Crippen molar-refractivity contribution in [3.05, 3.63) is 66.0 Å². The first-order valence-corrected chi connectivity index (χ1v) is 10.2. The van der Waals surface area contributed by atoms with Crippen molar-refractivity contribution in [2.24, 2.45) is 0 Å². The second-order valence-corrected chi connectivity index (χ2v) is 8.30. The molecule has 2 aromatic rings. The van der Waals surface area contributed by atoms with Crippen LogP contribution in [0.25, 0.3) is 6.08 Å². The van der Waals surface area contributed by atoms with Crippen LogP contribution in [0.1, 0.15) is 24.8 Å². The molecule has 0 saturated carbocycles. The van der Waals surface area contributed by atoms with E-state index in [9.17, 15) is 17.6 Å². The molecule has 0 aliphatic carbocycles. The Morgan fingerprint density at radius 2 is 1.59 bits per heavy atom. The van der Waals surface area contributed by atoms with Gasteiger partial charge in [-0.1, -0.05) is 18.6 Å². The zero-order valence-electron chi connectivity index (χ0n) is 14.8. The average Bonchev–Trinajstić information content (AvgIpc) is 2.69. The Labute approximate surface area is 158 Å². The molecule has 0 aromatic heterocycles. The lowest BCUT2D eigenvalue weighted by atomic mass is 10.2. The van der Waals surface area contributed by atoms with Crippen LogP contribution in [-0.2, 0) is 14.8 Å². The summed E-state index contributed by atoms with van der Waals surface area (Å²) >= 11 is 0. The topological polar surface area (TPSA) is 66.5 Å². The molecule has 1 heterocycles. The van der Waals surface area contributed by atoms with Gasteiger partial charge in [0.1, 0.15) is 5.82 Å². The minimum absolute atomic E-state index is 0.226. The summed E-state index contributed by atoms with van der Waals surface area (Å²) in [6, 6.07) is 11.9. The predicted molar refractivity (Wildman–Crippen MR) is 103 cm³/mol. The van der Waals surface area contributed by atoms with E-state index in [0.717, 1.165) is 19.3 Å². The van der Waals surface area contributed by atoms with Gasteiger partial charge in [-0.3, -0.25) is 4.79 Å². The van der Waals surface area contributed by atoms with E-state index >= 15 is 0 Å². The van der Waals surface area contributed by atoms with E-state index < -0.39 is 10.0 Å². The van der Waals surface area contributed by atoms with Gasteiger partial charge in [0.15, 0.2) is 0 Å². The smallest absolute Gasteiger partial charge is 0.248 e. The van der Waals surface area contributed by atoms with Crippen molar-refractivity contribution in [3.63, 3.8) is 0 Å². The Kier molecular flexibility index (Phi) is 6.03. The highest BCUT2D eigenvalue weighted by Gasteiger charge is 2.25. The SMILES string of the molecule is O=C(C=Cc1ccc(F)cc1)Nc1ccc(S(=O)(=O)N2CCCCC2)cc1. The number of carbonyl (C=O) groups excluding carboxylic acids is 1. The van der Waals surface area contributed by atoms with Crippen molar-refractivity contribution in [2.75, 3.05) is 18.4 Å². The van der Waals surface area contributed by atoms with Crippen LogP contribution in [0, 0.1) is 5.82 Å². The van der Waals surface area contributed by atoms with Gasteiger partial charge < -0.3 is 5.32 Å². The fraction of sp³-hybridized carbons (Fsp3) is 0.250. The summed E-state index contributed by atoms with van der Waals surface area (Å²) in [5, 5.41) is 2.67. The third kappa shape index (κ3) is 5.02. The molecule has 5 nitrogen and oxygen atoms in total. The van der Waals surface area contributed by atoms with E-state index in [1.165, 1.54) is 34.6 Å². The third-order valence-corrected chi connectivity index (χ3v) is 6.28. The molecule has 0 spiro atoms. The summed E-state index contributed by atoms with van der Waals surface area (Å²) in [5.74, 6) is -0.692. The first-order chi connectivity index (χ1) is 12.9. The van der Waals surface area contributed by atoms with Gasteiger partial charge in [-0.15, -0.1) is 0 Å². The van der Waals surface area contributed by atoms with E-state index in [1.54, 1.807) is 30.3 Å². The molecule has 2 aromatic carbocycles. The van der Waals surface area contributed by atoms with Crippen LogP contribution in [0.4, 0.5) is 10.1 Å². The molecule has 1 aliphatic rings. The molecule has 7 heteroatoms. The first-order valence-electron chi connectivity index (χ1n) is 8.80. The van der Waals surface area contributed by atoms with Crippen LogP contribution in [0.3, 0.4) is 0 Å². The zero-order chi connectivity index (χ0) is 19.3. The summed E-state index contributed by atoms with van der Waals surface area (Å²) in [6.07, 6.45) is 5.74. The molecule has 1 saturated heterocycles. The number of hydrogen-bond acceptors (Lipinski definition) is 3. The van der Waals surface area contributed by atoms with Crippen molar-refractivity contribution < 1.29 is 17.6 Å². The molecule has 1 N–H and O–H groups in total. The predicted octanol–water partition coefficient (Wildman–Crippen LogP) is 3.65. The van der Waals surface area contributed by atoms with Crippen molar-refractivity contribution in [3.8, 4) is 0 Å². The van der Waals surface area contributed by atoms with Gasteiger partial charge >= 0.3 is 0 Å². The largest absolute Gasteiger partial charge is 0.323 e. The minimum atomic E-state index is -3.48. The van der Waals surface area contributed by atoms with Crippen molar-refractivity contribution in [2.45, 2.75) is 24.2 Å². The van der Waals surface area contributed by atoms with Gasteiger partial charge in [0.2, 0.25) is 15.9 Å². The second kappa shape index (κ2) is 8.45. The number of nitrogens with one attached hydrogen (secondary N) is 1. The lowest BCUT2D eigenvalue weighted by molar-refractivity contribution is -0.111. The molecule has 1 amide bonds. The Morgan fingerprint density at radius 3 is 2.22 bits per heavy atom. The van der Waals surface area contributed by atoms with Crippen LogP contribution in [0.5, 0.6) is 0 Å². The molecule has 0 bridgehead atoms. The average molecular weight is 388 g/mol. The van der Waals surface area contributed by atoms with Gasteiger partial charge in [0.25, 0.3) is 0 Å². The number of benzene rings is 2. The number of carbonyl (C=O) groups is 1. The molecular formula is C20H21FN2O3S. The molecule has 0 atom stereocenters. The van der Waals surface area contributed by atoms with E-state index in [1.807, 2.05) is 0 Å². The van der Waals surface area contributed by atoms with E-state index in [4.69, 9.17) is 0 Å². The maximum absolute atomic E-state index is 12.9. The maximum Gasteiger partial charge on any atom is 0.248 e. The molecule has 1 aliphatic heterocycles. The Hall–Kier alpha value is -2.51. The van der Waals surface area contributed by atoms with Gasteiger partial charge in [0.05, 0.1) is 4.90 Å². The number of piperidine rings is 1. The van der Waals surface area contributed by atoms with Gasteiger partial charge in [-0.05, 0) is 60.9 Å². The van der Waals surface area contributed by atoms with Gasteiger partial charge in [0, 0.05) is 24.9 Å². The van der Waals surface area contributed by atoms with Gasteiger partial charge in [-0.25, -0.2) is 12.8 Å². The second-order valence-electron chi connectivity index (χ2n) is 6.36. The number of nitrogens with zero attached hydrogens (tertiary/aromatic N) is 1. The highest BCUT2D eigenvalue weighted by molar-refractivity contribution is 7.89. The fourth-order valence-corrected chi connectivity index (χ4v) is 4.41. The quantitative estimate of drug-likeness (QED) is 0.795. The fourth-order valence-electron chi connectivity index (χ4n) is 2.89. The number of sulfonamides is 1. The summed E-state index contributed by atoms with van der Waals surface area (Å²) < 4.78 is 39.6. The Balaban J connectivity index is 1.63. The van der Waals surface area contributed by atoms with Gasteiger partial charge in [-0.2, -0.15) is 4.31 Å². The molecule has 142 valence electrons. The third-order valence-electron chi connectivity index (χ3n) is 4.37. The number of halogens is 1. The Morgan fingerprint density at radius 1 is 0.963 bits per heavy atom. The van der Waals surface area contributed by atoms with Crippen LogP contribution < -0.4 is 5.32 Å². The lowest BCUT2D eigenvalue weighted by Crippen LogP contribution is -2.35. The molecular weight excluding hydrogens is 367 g/mol. The van der Waals surface area contributed by atoms with Crippen LogP contribution in [0.15, 0.2) is 59.5 Å². The summed E-state index contributed by atoms with van der Waals surface area (Å²) in [6.45, 7) is 1.10. The van der Waals surface area contributed by atoms with Crippen LogP contribution in [-0.4, -0.2) is 31.7 Å². The molecule has 1 fully saturated rings. The van der Waals surface area contributed by atoms with Crippen LogP contribution >= 0.6 is 0 Å².